The fourth-order valence-electron chi connectivity index (χ4n) is 8.75. The van der Waals surface area contributed by atoms with Crippen LogP contribution in [0, 0.1) is 23.7 Å². The number of Topliss-reactive ketones (excluding diaryl/α,β-unsaturated/α-hetero) is 1. The first-order chi connectivity index (χ1) is 33.8. The molecular formula is C55H105O13PSi2. The van der Waals surface area contributed by atoms with Crippen molar-refractivity contribution in [2.24, 2.45) is 23.7 Å². The van der Waals surface area contributed by atoms with Crippen LogP contribution in [0.2, 0.25) is 36.3 Å². The Morgan fingerprint density at radius 3 is 1.27 bits per heavy atom. The summed E-state index contributed by atoms with van der Waals surface area (Å²) in [6, 6.07) is 6.16. The van der Waals surface area contributed by atoms with Gasteiger partial charge in [0, 0.05) is 67.0 Å². The number of hydrogen-bond acceptors (Lipinski definition) is 13. The number of unbranched alkanes of at least 4 members (excludes halogenated alkanes) is 2. The average molecular weight is 1060 g/mol. The van der Waals surface area contributed by atoms with Crippen molar-refractivity contribution < 1.29 is 60.8 Å². The highest BCUT2D eigenvalue weighted by atomic mass is 31.2. The van der Waals surface area contributed by atoms with Crippen LogP contribution in [-0.2, 0) is 55.7 Å². The summed E-state index contributed by atoms with van der Waals surface area (Å²) in [4.78, 5) is 13.0. The number of carbonyl (C=O) groups excluding carboxylic acids is 1. The molecule has 0 radical (unpaired) electrons. The van der Waals surface area contributed by atoms with Crippen molar-refractivity contribution in [1.29, 1.82) is 0 Å². The summed E-state index contributed by atoms with van der Waals surface area (Å²) in [6.07, 6.45) is 17.9. The Kier molecular flexibility index (Phi) is 40.9. The van der Waals surface area contributed by atoms with Crippen LogP contribution < -0.4 is 0 Å². The van der Waals surface area contributed by atoms with E-state index in [0.29, 0.717) is 0 Å². The van der Waals surface area contributed by atoms with E-state index in [1.807, 2.05) is 38.2 Å². The van der Waals surface area contributed by atoms with Gasteiger partial charge in [-0.05, 0) is 92.9 Å². The molecule has 0 spiro atoms. The van der Waals surface area contributed by atoms with E-state index >= 15 is 0 Å². The van der Waals surface area contributed by atoms with E-state index in [2.05, 4.69) is 99.8 Å². The summed E-state index contributed by atoms with van der Waals surface area (Å²) in [5, 5.41) is 9.61. The lowest BCUT2D eigenvalue weighted by atomic mass is 9.88. The monoisotopic (exact) mass is 1060 g/mol. The van der Waals surface area contributed by atoms with Gasteiger partial charge in [-0.25, -0.2) is 0 Å². The van der Waals surface area contributed by atoms with Crippen LogP contribution in [0.15, 0.2) is 72.9 Å². The molecule has 0 aromatic carbocycles. The Morgan fingerprint density at radius 1 is 0.606 bits per heavy atom. The number of hydrogen-bond donors (Lipinski definition) is 1. The molecule has 0 saturated heterocycles. The smallest absolute Gasteiger partial charge is 0.337 e. The average Bonchev–Trinajstić information content (AvgIpc) is 3.38. The molecule has 0 amide bonds. The van der Waals surface area contributed by atoms with Gasteiger partial charge < -0.3 is 51.4 Å². The molecule has 0 saturated carbocycles. The maximum atomic E-state index is 13.0. The first kappa shape index (κ1) is 71.4. The Bertz CT molecular complexity index is 1560. The van der Waals surface area contributed by atoms with Crippen molar-refractivity contribution >= 4 is 30.0 Å². The molecule has 0 aliphatic carbocycles. The Balaban J connectivity index is 0. The topological polar surface area (TPSA) is 147 Å². The molecule has 71 heavy (non-hydrogen) atoms. The van der Waals surface area contributed by atoms with Crippen molar-refractivity contribution in [3.8, 4) is 0 Å². The minimum atomic E-state index is -3.45. The van der Waals surface area contributed by atoms with Gasteiger partial charge in [0.25, 0.3) is 0 Å². The largest absolute Gasteiger partial charge is 0.410 e. The predicted molar refractivity (Wildman–Crippen MR) is 299 cm³/mol. The van der Waals surface area contributed by atoms with Crippen molar-refractivity contribution in [2.75, 3.05) is 69.0 Å². The lowest BCUT2D eigenvalue weighted by molar-refractivity contribution is -0.138. The molecule has 416 valence electrons. The van der Waals surface area contributed by atoms with E-state index in [1.54, 1.807) is 35.4 Å². The van der Waals surface area contributed by atoms with Crippen LogP contribution in [0.1, 0.15) is 109 Å². The number of ether oxygens (including phenoxy) is 6. The highest BCUT2D eigenvalue weighted by Crippen LogP contribution is 2.46. The van der Waals surface area contributed by atoms with Gasteiger partial charge in [0.05, 0.1) is 24.4 Å². The summed E-state index contributed by atoms with van der Waals surface area (Å²) in [6.45, 7) is 33.5. The minimum Gasteiger partial charge on any atom is -0.410 e. The van der Waals surface area contributed by atoms with E-state index < -0.39 is 30.1 Å². The Labute approximate surface area is 436 Å². The first-order valence-corrected chi connectivity index (χ1v) is 32.9. The highest BCUT2D eigenvalue weighted by molar-refractivity contribution is 7.54. The van der Waals surface area contributed by atoms with E-state index in [4.69, 9.17) is 46.3 Å². The summed E-state index contributed by atoms with van der Waals surface area (Å²) >= 11 is 0. The molecule has 0 rings (SSSR count). The second-order valence-electron chi connectivity index (χ2n) is 18.7. The number of aliphatic hydroxyl groups is 1. The molecule has 0 fully saturated rings. The van der Waals surface area contributed by atoms with Gasteiger partial charge >= 0.3 is 7.60 Å². The molecule has 1 N–H and O–H groups in total. The second-order valence-corrected chi connectivity index (χ2v) is 30.4. The van der Waals surface area contributed by atoms with Crippen LogP contribution >= 0.6 is 7.60 Å². The summed E-state index contributed by atoms with van der Waals surface area (Å²) in [5.74, 6) is -0.751. The Morgan fingerprint density at radius 2 is 0.972 bits per heavy atom. The standard InChI is InChI=1S/C29H55O8PSi.C26H50O5Si/c1-12-16-17-18-19-27(33-9)29(36-22-32-8)25(7)28(37-39(13-2,14-3)15-4)24(6)20-23(5)26(30)21-38(31,34-10)35-11;1-10-14-15-16-17-24(29-9)26(30-20-28-8)23(7)25(22(6)18-21(5)19-27)31-32(11-2,12-3)13-4/h12,18-20,23,25,27-29H,1,13-17,21-22H2,2-11H3;10,16-18,21,23-27H,1,11-15,19-20H2,2-9H3/b19-18+,24-20+;17-16+,22-18+/t23-,25+,27-,28-,29-;21-,23+,24-,25-,26-/m00/s1. The first-order valence-electron chi connectivity index (χ1n) is 26.1. The van der Waals surface area contributed by atoms with Crippen molar-refractivity contribution in [3.63, 3.8) is 0 Å². The van der Waals surface area contributed by atoms with Crippen LogP contribution in [0.3, 0.4) is 0 Å². The molecule has 0 aromatic heterocycles. The molecule has 13 nitrogen and oxygen atoms in total. The van der Waals surface area contributed by atoms with Gasteiger partial charge in [-0.2, -0.15) is 0 Å². The molecule has 0 heterocycles. The Hall–Kier alpha value is -1.67. The van der Waals surface area contributed by atoms with Crippen LogP contribution in [-0.4, -0.2) is 133 Å². The van der Waals surface area contributed by atoms with Crippen LogP contribution in [0.4, 0.5) is 0 Å². The SMILES string of the molecule is C=CCC/C=C/[C@H](OC)[C@@H](OCOC)[C@H](C)[C@@H](O[Si](CC)(CC)CC)/C(C)=C/[C@H](C)C(=O)CP(=O)(OC)OC.C=CCC/C=C/[C@H](OC)[C@@H](OCOC)[C@H](C)[C@@H](O[Si](CC)(CC)CC)/C(C)=C/[C@H](C)CO. The molecule has 10 atom stereocenters. The number of allylic oxidation sites excluding steroid dienone is 5. The lowest BCUT2D eigenvalue weighted by Crippen LogP contribution is -2.48. The van der Waals surface area contributed by atoms with E-state index in [-0.39, 0.29) is 86.5 Å². The third-order valence-electron chi connectivity index (χ3n) is 13.9. The van der Waals surface area contributed by atoms with Crippen LogP contribution in [0.5, 0.6) is 0 Å². The maximum Gasteiger partial charge on any atom is 0.337 e. The minimum absolute atomic E-state index is 0.0258. The van der Waals surface area contributed by atoms with E-state index in [9.17, 15) is 14.5 Å². The third kappa shape index (κ3) is 26.1. The van der Waals surface area contributed by atoms with E-state index in [1.165, 1.54) is 14.2 Å². The fourth-order valence-corrected chi connectivity index (χ4v) is 15.7. The van der Waals surface area contributed by atoms with Gasteiger partial charge in [0.1, 0.15) is 32.0 Å². The van der Waals surface area contributed by atoms with Crippen molar-refractivity contribution in [1.82, 2.24) is 0 Å². The summed E-state index contributed by atoms with van der Waals surface area (Å²) in [5.41, 5.74) is 2.07. The molecular weight excluding hydrogens is 956 g/mol. The zero-order chi connectivity index (χ0) is 54.6. The van der Waals surface area contributed by atoms with E-state index in [0.717, 1.165) is 73.1 Å². The molecule has 0 unspecified atom stereocenters. The molecule has 0 aliphatic rings. The molecule has 16 heteroatoms. The van der Waals surface area contributed by atoms with Gasteiger partial charge in [-0.15, -0.1) is 13.2 Å². The van der Waals surface area contributed by atoms with Crippen molar-refractivity contribution in [2.45, 2.75) is 182 Å². The summed E-state index contributed by atoms with van der Waals surface area (Å²) < 4.78 is 71.3. The fraction of sp³-hybridized carbons (Fsp3) is 0.764. The number of carbonyl (C=O) groups is 1. The molecule has 0 bridgehead atoms. The van der Waals surface area contributed by atoms with Gasteiger partial charge in [-0.1, -0.05) is 118 Å². The highest BCUT2D eigenvalue weighted by Gasteiger charge is 2.41. The second kappa shape index (κ2) is 40.6. The van der Waals surface area contributed by atoms with Crippen LogP contribution in [0.25, 0.3) is 0 Å². The number of aliphatic hydroxyl groups excluding tert-OH is 1. The molecule has 0 aliphatic heterocycles. The molecule has 0 aromatic rings. The maximum absolute atomic E-state index is 13.0. The number of rotatable bonds is 42. The number of methoxy groups -OCH3 is 4. The normalized spacial score (nSPS) is 17.5. The van der Waals surface area contributed by atoms with Gasteiger partial charge in [0.15, 0.2) is 22.4 Å². The third-order valence-corrected chi connectivity index (χ3v) is 25.0. The number of ketones is 1. The summed E-state index contributed by atoms with van der Waals surface area (Å²) in [7, 11) is 1.80. The lowest BCUT2D eigenvalue weighted by Gasteiger charge is -2.40. The quantitative estimate of drug-likeness (QED) is 0.0204. The van der Waals surface area contributed by atoms with Gasteiger partial charge in [-0.3, -0.25) is 9.36 Å². The predicted octanol–water partition coefficient (Wildman–Crippen LogP) is 13.3. The zero-order valence-electron chi connectivity index (χ0n) is 48.0. The van der Waals surface area contributed by atoms with Crippen molar-refractivity contribution in [3.05, 3.63) is 72.9 Å². The van der Waals surface area contributed by atoms with Gasteiger partial charge in [0.2, 0.25) is 0 Å². The zero-order valence-corrected chi connectivity index (χ0v) is 50.9.